The van der Waals surface area contributed by atoms with Crippen molar-refractivity contribution in [2.45, 2.75) is 18.9 Å². The smallest absolute Gasteiger partial charge is 0.322 e. The van der Waals surface area contributed by atoms with E-state index < -0.39 is 6.04 Å². The molecule has 2 fully saturated rings. The molecular formula is C14H16ClN3O2. The lowest BCUT2D eigenvalue weighted by molar-refractivity contribution is -0.131. The summed E-state index contributed by atoms with van der Waals surface area (Å²) in [6.07, 6.45) is 2.09. The Kier molecular flexibility index (Phi) is 3.53. The molecule has 20 heavy (non-hydrogen) atoms. The molecule has 3 amide bonds. The number of anilines is 1. The fourth-order valence-corrected chi connectivity index (χ4v) is 2.89. The Labute approximate surface area is 122 Å². The Morgan fingerprint density at radius 2 is 2.05 bits per heavy atom. The molecule has 2 aliphatic rings. The average Bonchev–Trinajstić information content (AvgIpc) is 3.07. The van der Waals surface area contributed by atoms with Crippen molar-refractivity contribution in [2.24, 2.45) is 0 Å². The Morgan fingerprint density at radius 1 is 1.30 bits per heavy atom. The van der Waals surface area contributed by atoms with Gasteiger partial charge in [-0.25, -0.2) is 4.79 Å². The first-order chi connectivity index (χ1) is 9.65. The molecule has 5 nitrogen and oxygen atoms in total. The predicted molar refractivity (Wildman–Crippen MR) is 76.9 cm³/mol. The lowest BCUT2D eigenvalue weighted by Gasteiger charge is -2.19. The second-order valence-electron chi connectivity index (χ2n) is 5.12. The van der Waals surface area contributed by atoms with Gasteiger partial charge in [0, 0.05) is 23.8 Å². The van der Waals surface area contributed by atoms with Crippen molar-refractivity contribution in [3.63, 3.8) is 0 Å². The van der Waals surface area contributed by atoms with Crippen LogP contribution in [0.2, 0.25) is 5.02 Å². The van der Waals surface area contributed by atoms with Crippen molar-refractivity contribution in [1.82, 2.24) is 10.2 Å². The lowest BCUT2D eigenvalue weighted by atomic mass is 10.2. The molecule has 0 saturated carbocycles. The molecule has 1 N–H and O–H groups in total. The zero-order valence-electron chi connectivity index (χ0n) is 11.0. The molecule has 1 unspecified atom stereocenters. The number of benzene rings is 1. The van der Waals surface area contributed by atoms with Crippen molar-refractivity contribution < 1.29 is 9.59 Å². The molecule has 0 spiro atoms. The first-order valence-electron chi connectivity index (χ1n) is 6.77. The number of hydrogen-bond acceptors (Lipinski definition) is 2. The van der Waals surface area contributed by atoms with Gasteiger partial charge in [-0.1, -0.05) is 17.7 Å². The van der Waals surface area contributed by atoms with Gasteiger partial charge in [-0.15, -0.1) is 0 Å². The fraction of sp³-hybridized carbons (Fsp3) is 0.429. The topological polar surface area (TPSA) is 52.7 Å². The number of rotatable bonds is 2. The highest BCUT2D eigenvalue weighted by Gasteiger charge is 2.37. The maximum Gasteiger partial charge on any atom is 0.322 e. The molecule has 0 radical (unpaired) electrons. The Balaban J connectivity index is 1.73. The Hall–Kier alpha value is -1.75. The van der Waals surface area contributed by atoms with Crippen LogP contribution in [0.5, 0.6) is 0 Å². The number of carbonyl (C=O) groups excluding carboxylic acids is 2. The largest absolute Gasteiger partial charge is 0.341 e. The van der Waals surface area contributed by atoms with Gasteiger partial charge in [0.2, 0.25) is 5.91 Å². The molecule has 3 rings (SSSR count). The summed E-state index contributed by atoms with van der Waals surface area (Å²) in [6, 6.07) is 6.38. The van der Waals surface area contributed by atoms with Gasteiger partial charge in [0.05, 0.1) is 6.54 Å². The third-order valence-corrected chi connectivity index (χ3v) is 3.98. The molecule has 106 valence electrons. The van der Waals surface area contributed by atoms with E-state index in [4.69, 9.17) is 11.6 Å². The van der Waals surface area contributed by atoms with E-state index in [9.17, 15) is 9.59 Å². The Morgan fingerprint density at radius 3 is 2.75 bits per heavy atom. The van der Waals surface area contributed by atoms with Crippen molar-refractivity contribution in [1.29, 1.82) is 0 Å². The number of halogens is 1. The standard InChI is InChI=1S/C14H16ClN3O2/c15-10-4-3-5-11(8-10)18-9-12(16-14(18)20)13(19)17-6-1-2-7-17/h3-5,8,12H,1-2,6-7,9H2,(H,16,20). The van der Waals surface area contributed by atoms with Crippen LogP contribution in [0.3, 0.4) is 0 Å². The molecule has 1 aromatic rings. The molecule has 2 saturated heterocycles. The Bertz CT molecular complexity index is 543. The van der Waals surface area contributed by atoms with Crippen LogP contribution in [0.4, 0.5) is 10.5 Å². The third kappa shape index (κ3) is 2.45. The van der Waals surface area contributed by atoms with Crippen molar-refractivity contribution >= 4 is 29.2 Å². The summed E-state index contributed by atoms with van der Waals surface area (Å²) in [4.78, 5) is 27.7. The van der Waals surface area contributed by atoms with E-state index >= 15 is 0 Å². The van der Waals surface area contributed by atoms with E-state index in [1.165, 1.54) is 0 Å². The van der Waals surface area contributed by atoms with Crippen molar-refractivity contribution in [2.75, 3.05) is 24.5 Å². The van der Waals surface area contributed by atoms with Gasteiger partial charge in [0.1, 0.15) is 6.04 Å². The quantitative estimate of drug-likeness (QED) is 0.905. The number of urea groups is 1. The second-order valence-corrected chi connectivity index (χ2v) is 5.56. The minimum absolute atomic E-state index is 0.0142. The number of nitrogens with zero attached hydrogens (tertiary/aromatic N) is 2. The van der Waals surface area contributed by atoms with E-state index in [0.717, 1.165) is 25.9 Å². The zero-order chi connectivity index (χ0) is 14.1. The first kappa shape index (κ1) is 13.2. The molecular weight excluding hydrogens is 278 g/mol. The predicted octanol–water partition coefficient (Wildman–Crippen LogP) is 1.86. The van der Waals surface area contributed by atoms with Crippen LogP contribution in [0.15, 0.2) is 24.3 Å². The van der Waals surface area contributed by atoms with Gasteiger partial charge < -0.3 is 10.2 Å². The monoisotopic (exact) mass is 293 g/mol. The normalized spacial score (nSPS) is 22.2. The number of nitrogens with one attached hydrogen (secondary N) is 1. The summed E-state index contributed by atoms with van der Waals surface area (Å²) < 4.78 is 0. The number of amides is 3. The summed E-state index contributed by atoms with van der Waals surface area (Å²) in [5.41, 5.74) is 0.715. The zero-order valence-corrected chi connectivity index (χ0v) is 11.8. The van der Waals surface area contributed by atoms with E-state index in [1.54, 1.807) is 23.1 Å². The highest BCUT2D eigenvalue weighted by Crippen LogP contribution is 2.23. The molecule has 6 heteroatoms. The summed E-state index contributed by atoms with van der Waals surface area (Å²) in [5.74, 6) is 0.0142. The molecule has 0 bridgehead atoms. The molecule has 0 aliphatic carbocycles. The third-order valence-electron chi connectivity index (χ3n) is 3.74. The molecule has 1 atom stereocenters. The lowest BCUT2D eigenvalue weighted by Crippen LogP contribution is -2.44. The summed E-state index contributed by atoms with van der Waals surface area (Å²) in [5, 5.41) is 3.32. The van der Waals surface area contributed by atoms with E-state index in [2.05, 4.69) is 5.32 Å². The second kappa shape index (κ2) is 5.32. The first-order valence-corrected chi connectivity index (χ1v) is 7.15. The van der Waals surface area contributed by atoms with Crippen LogP contribution >= 0.6 is 11.6 Å². The van der Waals surface area contributed by atoms with Gasteiger partial charge in [0.25, 0.3) is 0 Å². The van der Waals surface area contributed by atoms with E-state index in [1.807, 2.05) is 11.0 Å². The van der Waals surface area contributed by atoms with Gasteiger partial charge in [-0.2, -0.15) is 0 Å². The number of hydrogen-bond donors (Lipinski definition) is 1. The maximum atomic E-state index is 12.3. The maximum absolute atomic E-state index is 12.3. The van der Waals surface area contributed by atoms with Crippen molar-refractivity contribution in [3.8, 4) is 0 Å². The highest BCUT2D eigenvalue weighted by molar-refractivity contribution is 6.30. The van der Waals surface area contributed by atoms with Crippen LogP contribution in [0, 0.1) is 0 Å². The van der Waals surface area contributed by atoms with E-state index in [-0.39, 0.29) is 11.9 Å². The van der Waals surface area contributed by atoms with Gasteiger partial charge in [0.15, 0.2) is 0 Å². The van der Waals surface area contributed by atoms with Crippen LogP contribution in [-0.2, 0) is 4.79 Å². The van der Waals surface area contributed by atoms with Crippen molar-refractivity contribution in [3.05, 3.63) is 29.3 Å². The summed E-state index contributed by atoms with van der Waals surface area (Å²) in [6.45, 7) is 1.94. The molecule has 2 heterocycles. The average molecular weight is 294 g/mol. The van der Waals surface area contributed by atoms with Gasteiger partial charge in [-0.05, 0) is 31.0 Å². The highest BCUT2D eigenvalue weighted by atomic mass is 35.5. The van der Waals surface area contributed by atoms with Gasteiger partial charge in [-0.3, -0.25) is 9.69 Å². The minimum atomic E-state index is -0.459. The SMILES string of the molecule is O=C(C1CN(c2cccc(Cl)c2)C(=O)N1)N1CCCC1. The van der Waals surface area contributed by atoms with Gasteiger partial charge >= 0.3 is 6.03 Å². The minimum Gasteiger partial charge on any atom is -0.341 e. The summed E-state index contributed by atoms with van der Waals surface area (Å²) >= 11 is 5.94. The van der Waals surface area contributed by atoms with Crippen LogP contribution in [-0.4, -0.2) is 42.5 Å². The number of carbonyl (C=O) groups is 2. The summed E-state index contributed by atoms with van der Waals surface area (Å²) in [7, 11) is 0. The fourth-order valence-electron chi connectivity index (χ4n) is 2.70. The van der Waals surface area contributed by atoms with Crippen LogP contribution in [0.25, 0.3) is 0 Å². The van der Waals surface area contributed by atoms with Crippen LogP contribution < -0.4 is 10.2 Å². The molecule has 1 aromatic carbocycles. The van der Waals surface area contributed by atoms with E-state index in [0.29, 0.717) is 17.3 Å². The molecule has 2 aliphatic heterocycles. The molecule has 0 aromatic heterocycles. The van der Waals surface area contributed by atoms with Crippen LogP contribution in [0.1, 0.15) is 12.8 Å². The number of likely N-dealkylation sites (tertiary alicyclic amines) is 1.